The Bertz CT molecular complexity index is 457. The maximum atomic E-state index is 12.0. The zero-order valence-corrected chi connectivity index (χ0v) is 15.9. The molecule has 1 atom stereocenters. The van der Waals surface area contributed by atoms with Crippen LogP contribution in [0.4, 0.5) is 0 Å². The number of halogens is 2. The van der Waals surface area contributed by atoms with Gasteiger partial charge in [-0.3, -0.25) is 4.79 Å². The van der Waals surface area contributed by atoms with Gasteiger partial charge in [0.05, 0.1) is 6.04 Å². The third-order valence-electron chi connectivity index (χ3n) is 3.28. The van der Waals surface area contributed by atoms with Crippen LogP contribution in [0.25, 0.3) is 0 Å². The number of carbonyl (C=O) groups excluding carboxylic acids is 1. The predicted octanol–water partition coefficient (Wildman–Crippen LogP) is 3.35. The second-order valence-electron chi connectivity index (χ2n) is 5.47. The fraction of sp³-hybridized carbons (Fsp3) is 0.533. The molecule has 3 N–H and O–H groups in total. The fourth-order valence-corrected chi connectivity index (χ4v) is 3.23. The second-order valence-corrected chi connectivity index (χ2v) is 7.31. The number of rotatable bonds is 7. The number of nitrogens with two attached hydrogens (primary N) is 1. The monoisotopic (exact) mass is 394 g/mol. The zero-order chi connectivity index (χ0) is 15.2. The van der Waals surface area contributed by atoms with E-state index in [2.05, 4.69) is 41.2 Å². The molecule has 0 bridgehead atoms. The van der Waals surface area contributed by atoms with Gasteiger partial charge in [-0.1, -0.05) is 48.0 Å². The molecule has 0 saturated heterocycles. The molecular formula is C15H24BrClN2OS. The number of amides is 1. The van der Waals surface area contributed by atoms with Crippen molar-refractivity contribution >= 4 is 46.0 Å². The Morgan fingerprint density at radius 3 is 2.62 bits per heavy atom. The molecule has 0 radical (unpaired) electrons. The van der Waals surface area contributed by atoms with E-state index in [1.807, 2.05) is 24.5 Å². The summed E-state index contributed by atoms with van der Waals surface area (Å²) in [6, 6.07) is 7.67. The van der Waals surface area contributed by atoms with Gasteiger partial charge in [-0.25, -0.2) is 0 Å². The minimum absolute atomic E-state index is 0. The van der Waals surface area contributed by atoms with Crippen molar-refractivity contribution in [1.82, 2.24) is 5.32 Å². The SMILES string of the molecule is CSCCC(N)C(=O)NCC(C)(C)c1ccccc1Br.Cl. The number of nitrogens with one attached hydrogen (secondary N) is 1. The molecule has 0 spiro atoms. The van der Waals surface area contributed by atoms with Gasteiger partial charge in [0.25, 0.3) is 0 Å². The van der Waals surface area contributed by atoms with Gasteiger partial charge in [-0.15, -0.1) is 12.4 Å². The molecule has 0 aromatic heterocycles. The molecule has 0 aliphatic carbocycles. The van der Waals surface area contributed by atoms with Crippen molar-refractivity contribution in [2.75, 3.05) is 18.6 Å². The van der Waals surface area contributed by atoms with Crippen LogP contribution in [0.2, 0.25) is 0 Å². The third-order valence-corrected chi connectivity index (χ3v) is 4.61. The van der Waals surface area contributed by atoms with Crippen molar-refractivity contribution in [3.8, 4) is 0 Å². The molecule has 1 unspecified atom stereocenters. The van der Waals surface area contributed by atoms with Crippen LogP contribution in [0, 0.1) is 0 Å². The summed E-state index contributed by atoms with van der Waals surface area (Å²) in [5.74, 6) is 0.835. The maximum Gasteiger partial charge on any atom is 0.236 e. The summed E-state index contributed by atoms with van der Waals surface area (Å²) < 4.78 is 1.06. The van der Waals surface area contributed by atoms with Gasteiger partial charge in [0, 0.05) is 16.4 Å². The van der Waals surface area contributed by atoms with Crippen LogP contribution in [0.3, 0.4) is 0 Å². The van der Waals surface area contributed by atoms with Crippen molar-refractivity contribution in [2.24, 2.45) is 5.73 Å². The topological polar surface area (TPSA) is 55.1 Å². The molecule has 0 fully saturated rings. The van der Waals surface area contributed by atoms with E-state index in [1.54, 1.807) is 11.8 Å². The normalized spacial score (nSPS) is 12.4. The lowest BCUT2D eigenvalue weighted by Crippen LogP contribution is -2.45. The van der Waals surface area contributed by atoms with Crippen molar-refractivity contribution in [3.63, 3.8) is 0 Å². The molecule has 1 aromatic carbocycles. The van der Waals surface area contributed by atoms with E-state index < -0.39 is 6.04 Å². The van der Waals surface area contributed by atoms with Crippen LogP contribution in [-0.4, -0.2) is 30.5 Å². The summed E-state index contributed by atoms with van der Waals surface area (Å²) >= 11 is 5.27. The summed E-state index contributed by atoms with van der Waals surface area (Å²) in [6.45, 7) is 4.79. The number of carbonyl (C=O) groups is 1. The number of benzene rings is 1. The Labute approximate surface area is 146 Å². The molecular weight excluding hydrogens is 372 g/mol. The van der Waals surface area contributed by atoms with Crippen molar-refractivity contribution in [1.29, 1.82) is 0 Å². The van der Waals surface area contributed by atoms with Gasteiger partial charge in [0.1, 0.15) is 0 Å². The molecule has 6 heteroatoms. The van der Waals surface area contributed by atoms with Gasteiger partial charge < -0.3 is 11.1 Å². The van der Waals surface area contributed by atoms with Gasteiger partial charge in [0.15, 0.2) is 0 Å². The van der Waals surface area contributed by atoms with Crippen LogP contribution < -0.4 is 11.1 Å². The molecule has 120 valence electrons. The van der Waals surface area contributed by atoms with Crippen molar-refractivity contribution in [3.05, 3.63) is 34.3 Å². The van der Waals surface area contributed by atoms with E-state index in [0.717, 1.165) is 10.2 Å². The van der Waals surface area contributed by atoms with Crippen LogP contribution in [0.15, 0.2) is 28.7 Å². The standard InChI is InChI=1S/C15H23BrN2OS.ClH/c1-15(2,11-6-4-5-7-12(11)16)10-18-14(19)13(17)8-9-20-3;/h4-7,13H,8-10,17H2,1-3H3,(H,18,19);1H. The average Bonchev–Trinajstić information content (AvgIpc) is 2.42. The van der Waals surface area contributed by atoms with E-state index in [-0.39, 0.29) is 23.7 Å². The van der Waals surface area contributed by atoms with Crippen LogP contribution in [0.1, 0.15) is 25.8 Å². The minimum atomic E-state index is -0.419. The van der Waals surface area contributed by atoms with E-state index in [1.165, 1.54) is 5.56 Å². The van der Waals surface area contributed by atoms with Crippen LogP contribution in [0.5, 0.6) is 0 Å². The van der Waals surface area contributed by atoms with Gasteiger partial charge >= 0.3 is 0 Å². The molecule has 0 heterocycles. The Balaban J connectivity index is 0.00000400. The summed E-state index contributed by atoms with van der Waals surface area (Å²) in [4.78, 5) is 12.0. The second kappa shape index (κ2) is 9.72. The molecule has 3 nitrogen and oxygen atoms in total. The smallest absolute Gasteiger partial charge is 0.236 e. The first kappa shape index (κ1) is 20.8. The highest BCUT2D eigenvalue weighted by Crippen LogP contribution is 2.29. The van der Waals surface area contributed by atoms with E-state index >= 15 is 0 Å². The Hall–Kier alpha value is -0.230. The van der Waals surface area contributed by atoms with Crippen molar-refractivity contribution in [2.45, 2.75) is 31.7 Å². The molecule has 0 aliphatic rings. The summed E-state index contributed by atoms with van der Waals surface area (Å²) in [7, 11) is 0. The highest BCUT2D eigenvalue weighted by atomic mass is 79.9. The molecule has 1 amide bonds. The van der Waals surface area contributed by atoms with E-state index in [4.69, 9.17) is 5.73 Å². The first-order valence-electron chi connectivity index (χ1n) is 6.65. The lowest BCUT2D eigenvalue weighted by atomic mass is 9.84. The average molecular weight is 396 g/mol. The lowest BCUT2D eigenvalue weighted by Gasteiger charge is -2.27. The fourth-order valence-electron chi connectivity index (χ4n) is 1.92. The zero-order valence-electron chi connectivity index (χ0n) is 12.7. The van der Waals surface area contributed by atoms with E-state index in [9.17, 15) is 4.79 Å². The van der Waals surface area contributed by atoms with Gasteiger partial charge in [-0.05, 0) is 30.1 Å². The number of hydrogen-bond acceptors (Lipinski definition) is 3. The maximum absolute atomic E-state index is 12.0. The lowest BCUT2D eigenvalue weighted by molar-refractivity contribution is -0.122. The largest absolute Gasteiger partial charge is 0.354 e. The number of hydrogen-bond donors (Lipinski definition) is 2. The summed E-state index contributed by atoms with van der Waals surface area (Å²) in [5.41, 5.74) is 6.90. The highest BCUT2D eigenvalue weighted by molar-refractivity contribution is 9.10. The summed E-state index contributed by atoms with van der Waals surface area (Å²) in [5, 5.41) is 2.96. The van der Waals surface area contributed by atoms with Crippen LogP contribution in [-0.2, 0) is 10.2 Å². The molecule has 0 aliphatic heterocycles. The Kier molecular flexibility index (Phi) is 9.61. The van der Waals surface area contributed by atoms with Crippen LogP contribution >= 0.6 is 40.1 Å². The molecule has 1 rings (SSSR count). The van der Waals surface area contributed by atoms with E-state index in [0.29, 0.717) is 13.0 Å². The molecule has 21 heavy (non-hydrogen) atoms. The summed E-state index contributed by atoms with van der Waals surface area (Å²) in [6.07, 6.45) is 2.73. The number of thioether (sulfide) groups is 1. The Morgan fingerprint density at radius 1 is 1.43 bits per heavy atom. The quantitative estimate of drug-likeness (QED) is 0.744. The minimum Gasteiger partial charge on any atom is -0.354 e. The third kappa shape index (κ3) is 6.59. The molecule has 0 saturated carbocycles. The van der Waals surface area contributed by atoms with Gasteiger partial charge in [0.2, 0.25) is 5.91 Å². The predicted molar refractivity (Wildman–Crippen MR) is 98.4 cm³/mol. The van der Waals surface area contributed by atoms with Crippen molar-refractivity contribution < 1.29 is 4.79 Å². The first-order valence-corrected chi connectivity index (χ1v) is 8.84. The highest BCUT2D eigenvalue weighted by Gasteiger charge is 2.24. The first-order chi connectivity index (χ1) is 9.38. The van der Waals surface area contributed by atoms with Gasteiger partial charge in [-0.2, -0.15) is 11.8 Å². The molecule has 1 aromatic rings. The Morgan fingerprint density at radius 2 is 2.05 bits per heavy atom.